The van der Waals surface area contributed by atoms with E-state index in [4.69, 9.17) is 0 Å². The number of aryl methyl sites for hydroxylation is 1. The minimum atomic E-state index is 0. The third-order valence-corrected chi connectivity index (χ3v) is 3.34. The van der Waals surface area contributed by atoms with Crippen molar-refractivity contribution in [1.29, 1.82) is 0 Å². The molecule has 0 spiro atoms. The molecule has 0 atom stereocenters. The number of halogens is 2. The molecule has 0 amide bonds. The minimum absolute atomic E-state index is 0. The molecule has 0 nitrogen and oxygen atoms in total. The van der Waals surface area contributed by atoms with E-state index >= 15 is 0 Å². The van der Waals surface area contributed by atoms with E-state index in [1.54, 1.807) is 0 Å². The second-order valence-electron chi connectivity index (χ2n) is 5.41. The molecule has 0 radical (unpaired) electrons. The maximum atomic E-state index is 2.33. The molecule has 3 heteroatoms. The molecular formula is C16H23Cl2Zr-. The predicted octanol–water partition coefficient (Wildman–Crippen LogP) is 5.96. The topological polar surface area (TPSA) is 0 Å². The van der Waals surface area contributed by atoms with E-state index in [9.17, 15) is 0 Å². The summed E-state index contributed by atoms with van der Waals surface area (Å²) in [7, 11) is 0. The molecule has 0 aliphatic carbocycles. The Balaban J connectivity index is 0. The molecule has 0 saturated heterocycles. The van der Waals surface area contributed by atoms with E-state index in [2.05, 4.69) is 58.9 Å². The van der Waals surface area contributed by atoms with Crippen molar-refractivity contribution >= 4 is 35.6 Å². The molecule has 0 bridgehead atoms. The van der Waals surface area contributed by atoms with E-state index in [0.29, 0.717) is 11.8 Å². The van der Waals surface area contributed by atoms with Crippen LogP contribution in [0.5, 0.6) is 0 Å². The average molecular weight is 377 g/mol. The summed E-state index contributed by atoms with van der Waals surface area (Å²) in [4.78, 5) is 0. The Morgan fingerprint density at radius 2 is 1.37 bits per heavy atom. The number of hydrogen-bond acceptors (Lipinski definition) is 0. The largest absolute Gasteiger partial charge is 0.165 e. The zero-order valence-corrected chi connectivity index (χ0v) is 16.4. The van der Waals surface area contributed by atoms with Gasteiger partial charge in [-0.3, -0.25) is 0 Å². The number of hydrogen-bond donors (Lipinski definition) is 0. The van der Waals surface area contributed by atoms with Gasteiger partial charge in [0, 0.05) is 26.2 Å². The zero-order chi connectivity index (χ0) is 11.9. The first-order valence-electron chi connectivity index (χ1n) is 6.20. The molecule has 19 heavy (non-hydrogen) atoms. The first-order valence-corrected chi connectivity index (χ1v) is 6.20. The summed E-state index contributed by atoms with van der Waals surface area (Å²) in [5.41, 5.74) is 4.34. The molecule has 0 fully saturated rings. The van der Waals surface area contributed by atoms with E-state index in [-0.39, 0.29) is 51.0 Å². The normalized spacial score (nSPS) is 10.1. The summed E-state index contributed by atoms with van der Waals surface area (Å²) >= 11 is 0. The van der Waals surface area contributed by atoms with Gasteiger partial charge in [-0.05, 0) is 5.92 Å². The van der Waals surface area contributed by atoms with Crippen LogP contribution in [-0.2, 0) is 26.2 Å². The molecule has 0 N–H and O–H groups in total. The van der Waals surface area contributed by atoms with Crippen LogP contribution in [0.3, 0.4) is 0 Å². The summed E-state index contributed by atoms with van der Waals surface area (Å²) in [6, 6.07) is 9.27. The van der Waals surface area contributed by atoms with Crippen LogP contribution < -0.4 is 0 Å². The van der Waals surface area contributed by atoms with E-state index < -0.39 is 0 Å². The third kappa shape index (κ3) is 4.38. The Labute approximate surface area is 148 Å². The summed E-state index contributed by atoms with van der Waals surface area (Å²) in [5, 5.41) is 2.91. The van der Waals surface area contributed by atoms with Crippen molar-refractivity contribution < 1.29 is 26.2 Å². The number of rotatable bonds is 2. The van der Waals surface area contributed by atoms with Gasteiger partial charge in [0.1, 0.15) is 0 Å². The van der Waals surface area contributed by atoms with Crippen LogP contribution in [0, 0.1) is 6.92 Å². The van der Waals surface area contributed by atoms with Crippen molar-refractivity contribution in [1.82, 2.24) is 0 Å². The van der Waals surface area contributed by atoms with Gasteiger partial charge in [0.15, 0.2) is 0 Å². The number of fused-ring (bicyclic) bond motifs is 1. The second kappa shape index (κ2) is 8.55. The standard InChI is InChI=1S/C16H21.2ClH.Zr/c1-10(2)13-6-7-14(11(3)4)16-9-12(5)8-15(13)16;;;/h6-11H,1-5H3;2*1H;/q-1;;;. The fourth-order valence-corrected chi connectivity index (χ4v) is 2.50. The average Bonchev–Trinajstić information content (AvgIpc) is 2.56. The molecule has 106 valence electrons. The van der Waals surface area contributed by atoms with Crippen LogP contribution in [0.1, 0.15) is 56.2 Å². The first-order chi connectivity index (χ1) is 7.50. The third-order valence-electron chi connectivity index (χ3n) is 3.34. The quantitative estimate of drug-likeness (QED) is 0.567. The van der Waals surface area contributed by atoms with Crippen molar-refractivity contribution in [2.24, 2.45) is 0 Å². The van der Waals surface area contributed by atoms with Crippen LogP contribution in [0.2, 0.25) is 0 Å². The monoisotopic (exact) mass is 375 g/mol. The summed E-state index contributed by atoms with van der Waals surface area (Å²) in [5.74, 6) is 1.20. The molecule has 0 heterocycles. The fourth-order valence-electron chi connectivity index (χ4n) is 2.50. The Bertz CT molecular complexity index is 468. The molecule has 0 aliphatic rings. The molecule has 0 saturated carbocycles. The van der Waals surface area contributed by atoms with Gasteiger partial charge in [0.2, 0.25) is 0 Å². The minimum Gasteiger partial charge on any atom is -0.165 e. The van der Waals surface area contributed by atoms with Crippen LogP contribution in [0.4, 0.5) is 0 Å². The fraction of sp³-hybridized carbons (Fsp3) is 0.438. The molecule has 0 aromatic heterocycles. The van der Waals surface area contributed by atoms with Crippen molar-refractivity contribution in [2.45, 2.75) is 46.5 Å². The predicted molar refractivity (Wildman–Crippen MR) is 87.0 cm³/mol. The molecule has 0 unspecified atom stereocenters. The van der Waals surface area contributed by atoms with Crippen LogP contribution in [0.25, 0.3) is 10.8 Å². The van der Waals surface area contributed by atoms with Crippen LogP contribution >= 0.6 is 24.8 Å². The summed E-state index contributed by atoms with van der Waals surface area (Å²) in [6.45, 7) is 11.3. The van der Waals surface area contributed by atoms with Gasteiger partial charge < -0.3 is 0 Å². The maximum Gasteiger partial charge on any atom is 0 e. The van der Waals surface area contributed by atoms with Gasteiger partial charge in [-0.25, -0.2) is 0 Å². The van der Waals surface area contributed by atoms with Gasteiger partial charge in [0.05, 0.1) is 0 Å². The maximum absolute atomic E-state index is 2.33. The van der Waals surface area contributed by atoms with Crippen LogP contribution in [-0.4, -0.2) is 0 Å². The molecule has 2 rings (SSSR count). The molecular weight excluding hydrogens is 354 g/mol. The van der Waals surface area contributed by atoms with E-state index in [1.807, 2.05) is 0 Å². The van der Waals surface area contributed by atoms with Gasteiger partial charge in [-0.15, -0.1) is 58.8 Å². The van der Waals surface area contributed by atoms with Crippen molar-refractivity contribution in [3.05, 3.63) is 41.0 Å². The van der Waals surface area contributed by atoms with Crippen molar-refractivity contribution in [3.8, 4) is 0 Å². The smallest absolute Gasteiger partial charge is 0 e. The number of benzene rings is 1. The molecule has 0 aliphatic heterocycles. The molecule has 2 aromatic carbocycles. The summed E-state index contributed by atoms with van der Waals surface area (Å²) in [6.07, 6.45) is 0. The van der Waals surface area contributed by atoms with Gasteiger partial charge in [-0.1, -0.05) is 52.2 Å². The van der Waals surface area contributed by atoms with E-state index in [0.717, 1.165) is 0 Å². The van der Waals surface area contributed by atoms with Gasteiger partial charge in [-0.2, -0.15) is 6.07 Å². The Hall–Kier alpha value is 0.293. The SMILES string of the molecule is Cc1cc2c(C(C)C)ccc(C(C)C)c2[cH-]1.Cl.Cl.[Zr]. The van der Waals surface area contributed by atoms with Gasteiger partial charge in [0.25, 0.3) is 0 Å². The first kappa shape index (κ1) is 21.6. The van der Waals surface area contributed by atoms with E-state index in [1.165, 1.54) is 27.5 Å². The second-order valence-corrected chi connectivity index (χ2v) is 5.41. The van der Waals surface area contributed by atoms with Crippen molar-refractivity contribution in [2.75, 3.05) is 0 Å². The Morgan fingerprint density at radius 3 is 1.84 bits per heavy atom. The van der Waals surface area contributed by atoms with Gasteiger partial charge >= 0.3 is 0 Å². The summed E-state index contributed by atoms with van der Waals surface area (Å²) < 4.78 is 0. The van der Waals surface area contributed by atoms with Crippen molar-refractivity contribution in [3.63, 3.8) is 0 Å². The Kier molecular flexibility index (Phi) is 9.72. The zero-order valence-electron chi connectivity index (χ0n) is 12.3. The Morgan fingerprint density at radius 1 is 0.895 bits per heavy atom. The molecule has 2 aromatic rings. The van der Waals surface area contributed by atoms with Crippen LogP contribution in [0.15, 0.2) is 24.3 Å².